The fourth-order valence-corrected chi connectivity index (χ4v) is 8.27. The molecule has 9 nitrogen and oxygen atoms in total. The highest BCUT2D eigenvalue weighted by atomic mass is 35.5. The van der Waals surface area contributed by atoms with Gasteiger partial charge in [-0.3, -0.25) is 4.90 Å². The highest BCUT2D eigenvalue weighted by Gasteiger charge is 2.54. The predicted molar refractivity (Wildman–Crippen MR) is 186 cm³/mol. The minimum Gasteiger partial charge on any atom is -0.497 e. The molecule has 1 aliphatic carbocycles. The number of carbonyl (C=O) groups excluding carboxylic acids is 1. The first-order valence-corrected chi connectivity index (χ1v) is 17.9. The lowest BCUT2D eigenvalue weighted by Gasteiger charge is -2.44. The molecule has 3 saturated heterocycles. The van der Waals surface area contributed by atoms with Crippen molar-refractivity contribution in [2.75, 3.05) is 51.8 Å². The molecular formula is C37H44ClF4N5O4. The summed E-state index contributed by atoms with van der Waals surface area (Å²) in [5.74, 6) is -4.23. The van der Waals surface area contributed by atoms with Gasteiger partial charge >= 0.3 is 12.1 Å². The molecule has 3 aliphatic heterocycles. The molecule has 1 saturated carbocycles. The van der Waals surface area contributed by atoms with Gasteiger partial charge in [0.05, 0.1) is 30.2 Å². The normalized spacial score (nSPS) is 25.0. The van der Waals surface area contributed by atoms with Gasteiger partial charge in [0, 0.05) is 43.0 Å². The largest absolute Gasteiger partial charge is 0.497 e. The van der Waals surface area contributed by atoms with Gasteiger partial charge in [0.25, 0.3) is 5.92 Å². The first-order valence-electron chi connectivity index (χ1n) is 17.5. The summed E-state index contributed by atoms with van der Waals surface area (Å²) in [5, 5.41) is 0.449. The molecule has 4 heterocycles. The smallest absolute Gasteiger partial charge is 0.410 e. The van der Waals surface area contributed by atoms with Crippen molar-refractivity contribution in [3.63, 3.8) is 0 Å². The Labute approximate surface area is 300 Å². The number of carbonyl (C=O) groups is 1. The van der Waals surface area contributed by atoms with Crippen LogP contribution in [-0.4, -0.2) is 96.4 Å². The number of benzene rings is 2. The van der Waals surface area contributed by atoms with E-state index in [2.05, 4.69) is 9.97 Å². The highest BCUT2D eigenvalue weighted by molar-refractivity contribution is 6.32. The maximum atomic E-state index is 17.0. The number of ether oxygens (including phenoxy) is 3. The quantitative estimate of drug-likeness (QED) is 0.226. The summed E-state index contributed by atoms with van der Waals surface area (Å²) in [7, 11) is 3.22. The molecule has 276 valence electrons. The Bertz CT molecular complexity index is 1860. The van der Waals surface area contributed by atoms with E-state index < -0.39 is 41.3 Å². The van der Waals surface area contributed by atoms with Gasteiger partial charge in [0.1, 0.15) is 35.1 Å². The van der Waals surface area contributed by atoms with Gasteiger partial charge in [-0.2, -0.15) is 9.97 Å². The van der Waals surface area contributed by atoms with Gasteiger partial charge in [0.2, 0.25) is 0 Å². The zero-order chi connectivity index (χ0) is 36.6. The molecule has 0 radical (unpaired) electrons. The minimum atomic E-state index is -3.03. The second kappa shape index (κ2) is 12.8. The fourth-order valence-electron chi connectivity index (χ4n) is 7.90. The number of likely N-dealkylation sites (tertiary alicyclic amines) is 1. The first kappa shape index (κ1) is 35.8. The molecule has 14 heteroatoms. The fraction of sp³-hybridized carbons (Fsp3) is 0.595. The van der Waals surface area contributed by atoms with Crippen LogP contribution >= 0.6 is 11.6 Å². The number of hydrogen-bond acceptors (Lipinski definition) is 8. The van der Waals surface area contributed by atoms with E-state index in [4.69, 9.17) is 25.8 Å². The molecular weight excluding hydrogens is 690 g/mol. The summed E-state index contributed by atoms with van der Waals surface area (Å²) >= 11 is 6.66. The Morgan fingerprint density at radius 3 is 2.37 bits per heavy atom. The molecule has 0 N–H and O–H groups in total. The van der Waals surface area contributed by atoms with Gasteiger partial charge < -0.3 is 24.0 Å². The Balaban J connectivity index is 1.33. The van der Waals surface area contributed by atoms with Crippen molar-refractivity contribution in [2.24, 2.45) is 5.41 Å². The number of rotatable bonds is 7. The number of alkyl halides is 2. The number of fused-ring (bicyclic) bond motifs is 3. The van der Waals surface area contributed by atoms with E-state index in [1.807, 2.05) is 30.6 Å². The van der Waals surface area contributed by atoms with Crippen molar-refractivity contribution >= 4 is 34.4 Å². The number of piperazine rings is 1. The highest BCUT2D eigenvalue weighted by Crippen LogP contribution is 2.51. The summed E-state index contributed by atoms with van der Waals surface area (Å²) in [5.41, 5.74) is -1.88. The number of hydrogen-bond donors (Lipinski definition) is 0. The summed E-state index contributed by atoms with van der Waals surface area (Å²) in [4.78, 5) is 27.7. The molecule has 0 unspecified atom stereocenters. The zero-order valence-corrected chi connectivity index (χ0v) is 30.5. The molecule has 2 aromatic carbocycles. The molecule has 1 amide bonds. The van der Waals surface area contributed by atoms with E-state index in [0.717, 1.165) is 12.8 Å². The van der Waals surface area contributed by atoms with Gasteiger partial charge in [-0.1, -0.05) is 11.6 Å². The van der Waals surface area contributed by atoms with E-state index in [1.54, 1.807) is 24.1 Å². The minimum absolute atomic E-state index is 0.0422. The van der Waals surface area contributed by atoms with Crippen LogP contribution < -0.4 is 14.4 Å². The van der Waals surface area contributed by atoms with E-state index in [-0.39, 0.29) is 71.4 Å². The lowest BCUT2D eigenvalue weighted by atomic mass is 9.79. The molecule has 7 rings (SSSR count). The third kappa shape index (κ3) is 6.64. The molecule has 1 aromatic heterocycles. The van der Waals surface area contributed by atoms with E-state index in [1.165, 1.54) is 20.1 Å². The summed E-state index contributed by atoms with van der Waals surface area (Å²) in [6, 6.07) is 3.64. The van der Waals surface area contributed by atoms with Crippen LogP contribution in [0.5, 0.6) is 11.8 Å². The van der Waals surface area contributed by atoms with Crippen LogP contribution in [0.25, 0.3) is 22.0 Å². The van der Waals surface area contributed by atoms with Crippen LogP contribution in [0.2, 0.25) is 5.02 Å². The van der Waals surface area contributed by atoms with Crippen LogP contribution in [0, 0.1) is 17.0 Å². The predicted octanol–water partition coefficient (Wildman–Crippen LogP) is 8.06. The van der Waals surface area contributed by atoms with Crippen LogP contribution in [0.4, 0.5) is 28.2 Å². The Hall–Kier alpha value is -3.58. The van der Waals surface area contributed by atoms with Gasteiger partial charge in [0.15, 0.2) is 5.82 Å². The molecule has 4 fully saturated rings. The number of piperidine rings is 1. The topological polar surface area (TPSA) is 80.3 Å². The third-order valence-corrected chi connectivity index (χ3v) is 11.0. The van der Waals surface area contributed by atoms with Crippen molar-refractivity contribution in [1.29, 1.82) is 0 Å². The molecule has 3 atom stereocenters. The molecule has 3 aromatic rings. The average Bonchev–Trinajstić information content (AvgIpc) is 3.84. The van der Waals surface area contributed by atoms with Gasteiger partial charge in [-0.05, 0) is 95.7 Å². The van der Waals surface area contributed by atoms with Crippen LogP contribution in [0.1, 0.15) is 71.3 Å². The van der Waals surface area contributed by atoms with Crippen LogP contribution in [0.15, 0.2) is 18.2 Å². The number of aromatic nitrogens is 2. The molecule has 2 bridgehead atoms. The first-order chi connectivity index (χ1) is 24.0. The number of nitrogens with zero attached hydrogens (tertiary/aromatic N) is 5. The van der Waals surface area contributed by atoms with Crippen LogP contribution in [-0.2, 0) is 4.74 Å². The van der Waals surface area contributed by atoms with Crippen molar-refractivity contribution < 1.29 is 36.6 Å². The maximum absolute atomic E-state index is 17.0. The molecule has 0 spiro atoms. The average molecular weight is 734 g/mol. The summed E-state index contributed by atoms with van der Waals surface area (Å²) < 4.78 is 81.1. The van der Waals surface area contributed by atoms with E-state index in [0.29, 0.717) is 42.3 Å². The van der Waals surface area contributed by atoms with Crippen molar-refractivity contribution in [3.05, 3.63) is 40.4 Å². The second-order valence-corrected chi connectivity index (χ2v) is 16.2. The zero-order valence-electron chi connectivity index (χ0n) is 29.8. The third-order valence-electron chi connectivity index (χ3n) is 10.7. The van der Waals surface area contributed by atoms with Crippen molar-refractivity contribution in [1.82, 2.24) is 19.8 Å². The van der Waals surface area contributed by atoms with Gasteiger partial charge in [-0.15, -0.1) is 0 Å². The summed E-state index contributed by atoms with van der Waals surface area (Å²) in [6.45, 7) is 7.39. The lowest BCUT2D eigenvalue weighted by Crippen LogP contribution is -2.57. The number of halogens is 5. The summed E-state index contributed by atoms with van der Waals surface area (Å²) in [6.07, 6.45) is 2.33. The lowest BCUT2D eigenvalue weighted by molar-refractivity contribution is -0.169. The van der Waals surface area contributed by atoms with Crippen molar-refractivity contribution in [2.45, 2.75) is 89.3 Å². The van der Waals surface area contributed by atoms with Crippen LogP contribution in [0.3, 0.4) is 0 Å². The molecule has 4 aliphatic rings. The standard InChI is InChI=1S/C37H44ClF4N5O4/c1-35(2,3)51-34(48)47-21-9-10-22(47)17-46(16-21)32-25-15-27(39)29(24-13-23(49-6)14-26(38)28(24)20-7-8-20)30(40)31(25)43-33(44-32)50-19-36(4)18-45(5)12-11-37(36,41)42/h13-15,20-22H,7-12,16-19H2,1-6H3/t21-,22+,36-/m0/s1. The Morgan fingerprint density at radius 1 is 1.06 bits per heavy atom. The SMILES string of the molecule is COc1cc(Cl)c(C2CC2)c(-c2c(F)cc3c(N4C[C@H]5CC[C@@H](C4)N5C(=O)OC(C)(C)C)nc(OC[C@]4(C)CN(C)CCC4(F)F)nc3c2F)c1. The van der Waals surface area contributed by atoms with Crippen molar-refractivity contribution in [3.8, 4) is 22.9 Å². The Morgan fingerprint density at radius 2 is 1.75 bits per heavy atom. The number of anilines is 1. The monoisotopic (exact) mass is 733 g/mol. The molecule has 51 heavy (non-hydrogen) atoms. The second-order valence-electron chi connectivity index (χ2n) is 15.8. The maximum Gasteiger partial charge on any atom is 0.410 e. The number of methoxy groups -OCH3 is 1. The van der Waals surface area contributed by atoms with E-state index >= 15 is 17.6 Å². The van der Waals surface area contributed by atoms with E-state index in [9.17, 15) is 4.79 Å². The van der Waals surface area contributed by atoms with Gasteiger partial charge in [-0.25, -0.2) is 22.4 Å². The number of amides is 1. The Kier molecular flexibility index (Phi) is 9.00.